The summed E-state index contributed by atoms with van der Waals surface area (Å²) >= 11 is 0. The zero-order chi connectivity index (χ0) is 30.1. The van der Waals surface area contributed by atoms with Crippen LogP contribution in [0, 0.1) is 0 Å². The molecule has 41 heavy (non-hydrogen) atoms. The highest BCUT2D eigenvalue weighted by Gasteiger charge is 2.34. The van der Waals surface area contributed by atoms with Gasteiger partial charge < -0.3 is 0 Å². The molecule has 0 radical (unpaired) electrons. The fourth-order valence-electron chi connectivity index (χ4n) is 6.94. The van der Waals surface area contributed by atoms with Crippen LogP contribution >= 0.6 is 9.24 Å². The molecule has 2 aromatic rings. The van der Waals surface area contributed by atoms with Crippen molar-refractivity contribution in [3.05, 3.63) is 68.8 Å². The Balaban J connectivity index is 2.90. The van der Waals surface area contributed by atoms with Crippen molar-refractivity contribution < 1.29 is 0 Å². The number of rotatable bonds is 22. The lowest BCUT2D eigenvalue weighted by Crippen LogP contribution is -2.26. The van der Waals surface area contributed by atoms with Gasteiger partial charge in [0.25, 0.3) is 0 Å². The summed E-state index contributed by atoms with van der Waals surface area (Å²) in [5, 5.41) is -0.0185. The molecule has 0 saturated carbocycles. The van der Waals surface area contributed by atoms with Crippen LogP contribution in [0.15, 0.2) is 24.3 Å². The summed E-state index contributed by atoms with van der Waals surface area (Å²) in [6.45, 7) is 16.5. The summed E-state index contributed by atoms with van der Waals surface area (Å²) in [7, 11) is 3.51. The molecule has 0 saturated heterocycles. The molecule has 0 N–H and O–H groups in total. The Morgan fingerprint density at radius 2 is 0.732 bits per heavy atom. The van der Waals surface area contributed by atoms with Crippen molar-refractivity contribution in [2.45, 2.75) is 182 Å². The maximum atomic E-state index is 3.51. The van der Waals surface area contributed by atoms with Crippen LogP contribution in [0.5, 0.6) is 0 Å². The third kappa shape index (κ3) is 9.95. The zero-order valence-corrected chi connectivity index (χ0v) is 29.7. The highest BCUT2D eigenvalue weighted by Crippen LogP contribution is 2.48. The fourth-order valence-corrected chi connectivity index (χ4v) is 7.77. The van der Waals surface area contributed by atoms with E-state index in [-0.39, 0.29) is 5.16 Å². The van der Waals surface area contributed by atoms with Crippen molar-refractivity contribution in [1.29, 1.82) is 0 Å². The van der Waals surface area contributed by atoms with Crippen LogP contribution in [0.4, 0.5) is 0 Å². The number of unbranched alkanes of at least 4 members (excludes halogenated alkanes) is 6. The molecule has 1 atom stereocenters. The summed E-state index contributed by atoms with van der Waals surface area (Å²) in [6.07, 6.45) is 25.2. The van der Waals surface area contributed by atoms with E-state index in [1.807, 2.05) is 0 Å². The summed E-state index contributed by atoms with van der Waals surface area (Å²) in [5.41, 5.74) is 13.4. The van der Waals surface area contributed by atoms with Gasteiger partial charge in [-0.25, -0.2) is 0 Å². The van der Waals surface area contributed by atoms with Crippen LogP contribution in [0.3, 0.4) is 0 Å². The largest absolute Gasteiger partial charge is 0.122 e. The molecule has 0 heterocycles. The van der Waals surface area contributed by atoms with Crippen molar-refractivity contribution in [3.63, 3.8) is 0 Å². The second-order valence-electron chi connectivity index (χ2n) is 12.8. The molecule has 2 rings (SSSR count). The number of hydrogen-bond donors (Lipinski definition) is 0. The molecule has 0 amide bonds. The van der Waals surface area contributed by atoms with Crippen LogP contribution in [-0.2, 0) is 43.7 Å². The highest BCUT2D eigenvalue weighted by molar-refractivity contribution is 7.19. The molecule has 0 aliphatic carbocycles. The van der Waals surface area contributed by atoms with Crippen molar-refractivity contribution in [2.75, 3.05) is 0 Å². The highest BCUT2D eigenvalue weighted by atomic mass is 31.0. The standard InChI is InChI=1S/C40H67P/c1-8-15-21-32-27-29-38(36(25-19-12-5)34(32)23-17-10-3)40(41,31-14-7)39-30-28-33(22-16-9-2)35(24-18-11-4)37(39)26-20-13-6/h27-30H,8-26,31,41H2,1-7H3. The van der Waals surface area contributed by atoms with Crippen molar-refractivity contribution in [3.8, 4) is 0 Å². The molecule has 0 fully saturated rings. The summed E-state index contributed by atoms with van der Waals surface area (Å²) < 4.78 is 0. The van der Waals surface area contributed by atoms with E-state index in [0.717, 1.165) is 0 Å². The molecule has 2 aromatic carbocycles. The molecule has 0 spiro atoms. The predicted octanol–water partition coefficient (Wildman–Crippen LogP) is 12.7. The monoisotopic (exact) mass is 578 g/mol. The van der Waals surface area contributed by atoms with E-state index in [4.69, 9.17) is 0 Å². The van der Waals surface area contributed by atoms with E-state index < -0.39 is 0 Å². The maximum absolute atomic E-state index is 3.51. The van der Waals surface area contributed by atoms with Gasteiger partial charge in [-0.05, 0) is 128 Å². The van der Waals surface area contributed by atoms with Gasteiger partial charge in [0, 0.05) is 5.16 Å². The lowest BCUT2D eigenvalue weighted by atomic mass is 9.75. The SMILES string of the molecule is CCCCc1ccc(C(P)(CCC)c2ccc(CCCC)c(CCCC)c2CCCC)c(CCCC)c1CCCC. The van der Waals surface area contributed by atoms with E-state index in [1.165, 1.54) is 128 Å². The first kappa shape index (κ1) is 36.1. The van der Waals surface area contributed by atoms with Gasteiger partial charge in [-0.1, -0.05) is 118 Å². The molecular weight excluding hydrogens is 511 g/mol. The van der Waals surface area contributed by atoms with Gasteiger partial charge in [-0.15, -0.1) is 9.24 Å². The second kappa shape index (κ2) is 19.9. The van der Waals surface area contributed by atoms with Crippen LogP contribution in [0.2, 0.25) is 0 Å². The van der Waals surface area contributed by atoms with Gasteiger partial charge in [0.15, 0.2) is 0 Å². The topological polar surface area (TPSA) is 0 Å². The summed E-state index contributed by atoms with van der Waals surface area (Å²) in [6, 6.07) is 10.3. The minimum atomic E-state index is -0.0185. The normalized spacial score (nSPS) is 11.9. The van der Waals surface area contributed by atoms with E-state index in [0.29, 0.717) is 0 Å². The molecule has 0 bridgehead atoms. The smallest absolute Gasteiger partial charge is 0.0350 e. The van der Waals surface area contributed by atoms with Gasteiger partial charge >= 0.3 is 0 Å². The number of hydrogen-bond acceptors (Lipinski definition) is 0. The number of benzene rings is 2. The average Bonchev–Trinajstić information content (AvgIpc) is 2.98. The zero-order valence-electron chi connectivity index (χ0n) is 28.5. The molecule has 1 heteroatoms. The minimum Gasteiger partial charge on any atom is -0.122 e. The molecule has 0 aliphatic heterocycles. The first-order valence-electron chi connectivity index (χ1n) is 18.0. The van der Waals surface area contributed by atoms with Gasteiger partial charge in [0.2, 0.25) is 0 Å². The second-order valence-corrected chi connectivity index (χ2v) is 13.8. The molecule has 1 unspecified atom stereocenters. The van der Waals surface area contributed by atoms with Crippen molar-refractivity contribution in [2.24, 2.45) is 0 Å². The molecule has 0 aromatic heterocycles. The van der Waals surface area contributed by atoms with Crippen LogP contribution < -0.4 is 0 Å². The molecular formula is C40H67P. The Morgan fingerprint density at radius 1 is 0.415 bits per heavy atom. The predicted molar refractivity (Wildman–Crippen MR) is 190 cm³/mol. The minimum absolute atomic E-state index is 0.0185. The summed E-state index contributed by atoms with van der Waals surface area (Å²) in [4.78, 5) is 0. The Hall–Kier alpha value is -1.13. The van der Waals surface area contributed by atoms with E-state index in [1.54, 1.807) is 44.5 Å². The quantitative estimate of drug-likeness (QED) is 0.122. The van der Waals surface area contributed by atoms with Crippen LogP contribution in [0.25, 0.3) is 0 Å². The third-order valence-electron chi connectivity index (χ3n) is 9.38. The number of aryl methyl sites for hydroxylation is 2. The van der Waals surface area contributed by atoms with Crippen molar-refractivity contribution in [1.82, 2.24) is 0 Å². The fraction of sp³-hybridized carbons (Fsp3) is 0.700. The molecule has 0 aliphatic rings. The van der Waals surface area contributed by atoms with E-state index in [2.05, 4.69) is 82.0 Å². The Morgan fingerprint density at radius 3 is 1.05 bits per heavy atom. The van der Waals surface area contributed by atoms with Crippen LogP contribution in [-0.4, -0.2) is 0 Å². The first-order chi connectivity index (χ1) is 20.0. The summed E-state index contributed by atoms with van der Waals surface area (Å²) in [5.74, 6) is 0. The van der Waals surface area contributed by atoms with Crippen LogP contribution in [0.1, 0.15) is 183 Å². The van der Waals surface area contributed by atoms with E-state index >= 15 is 0 Å². The Labute approximate surface area is 259 Å². The third-order valence-corrected chi connectivity index (χ3v) is 10.3. The Kier molecular flexibility index (Phi) is 17.5. The van der Waals surface area contributed by atoms with Gasteiger partial charge in [0.05, 0.1) is 0 Å². The van der Waals surface area contributed by atoms with Gasteiger partial charge in [0.1, 0.15) is 0 Å². The molecule has 0 nitrogen and oxygen atoms in total. The van der Waals surface area contributed by atoms with E-state index in [9.17, 15) is 0 Å². The maximum Gasteiger partial charge on any atom is 0.0350 e. The van der Waals surface area contributed by atoms with Gasteiger partial charge in [-0.3, -0.25) is 0 Å². The van der Waals surface area contributed by atoms with Crippen molar-refractivity contribution >= 4 is 9.24 Å². The van der Waals surface area contributed by atoms with Gasteiger partial charge in [-0.2, -0.15) is 0 Å². The lowest BCUT2D eigenvalue weighted by Gasteiger charge is -2.37. The molecule has 232 valence electrons. The first-order valence-corrected chi connectivity index (χ1v) is 18.6. The lowest BCUT2D eigenvalue weighted by molar-refractivity contribution is 0.616. The average molecular weight is 579 g/mol. The Bertz CT molecular complexity index is 925.